The van der Waals surface area contributed by atoms with Crippen molar-refractivity contribution in [1.29, 1.82) is 0 Å². The summed E-state index contributed by atoms with van der Waals surface area (Å²) in [4.78, 5) is 66.2. The maximum atomic E-state index is 13.8. The second-order valence-corrected chi connectivity index (χ2v) is 17.1. The van der Waals surface area contributed by atoms with Gasteiger partial charge in [-0.25, -0.2) is 23.9 Å². The molecule has 3 aliphatic rings. The van der Waals surface area contributed by atoms with Crippen LogP contribution in [0.5, 0.6) is 11.5 Å². The normalized spacial score (nSPS) is 15.8. The summed E-state index contributed by atoms with van der Waals surface area (Å²) in [7, 11) is 0. The molecule has 2 saturated heterocycles. The van der Waals surface area contributed by atoms with Crippen molar-refractivity contribution in [2.75, 3.05) is 36.0 Å². The maximum Gasteiger partial charge on any atom is 0.346 e. The van der Waals surface area contributed by atoms with E-state index in [1.165, 1.54) is 36.7 Å². The standard InChI is InChI=1S/C49H41Cl2FN6O7/c1-29(55-45(59)41-21-34(50)23-53-43(41)57-27-40(28-57)64-38-17-15-36(52)16-18-38)30-7-9-31(10-8-30)47(61)65-48(62)32-11-13-33(14-12-32)49(19-20-49)56-46(60)42-22-35(51)24-54-44(42)58-25-39(26-58)63-37-5-3-2-4-6-37/h2-18,21-24,29,39-40H,19-20,25-28H2,1H3,(H,55,59)(H,56,60). The Labute approximate surface area is 383 Å². The fourth-order valence-corrected chi connectivity index (χ4v) is 8.07. The lowest BCUT2D eigenvalue weighted by Crippen LogP contribution is -2.55. The molecule has 2 N–H and O–H groups in total. The Hall–Kier alpha value is -7.03. The first kappa shape index (κ1) is 43.2. The average Bonchev–Trinajstić information content (AvgIpc) is 4.07. The molecule has 4 heterocycles. The molecular formula is C49H41Cl2FN6O7. The topological polar surface area (TPSA) is 152 Å². The molecule has 0 bridgehead atoms. The molecule has 2 aliphatic heterocycles. The molecule has 0 radical (unpaired) electrons. The zero-order chi connectivity index (χ0) is 45.2. The zero-order valence-corrected chi connectivity index (χ0v) is 36.4. The lowest BCUT2D eigenvalue weighted by Gasteiger charge is -2.40. The van der Waals surface area contributed by atoms with Crippen molar-refractivity contribution in [2.24, 2.45) is 0 Å². The highest BCUT2D eigenvalue weighted by atomic mass is 35.5. The van der Waals surface area contributed by atoms with Gasteiger partial charge in [0.1, 0.15) is 41.2 Å². The smallest absolute Gasteiger partial charge is 0.346 e. The van der Waals surface area contributed by atoms with E-state index in [0.717, 1.165) is 11.3 Å². The van der Waals surface area contributed by atoms with Crippen LogP contribution in [0.3, 0.4) is 0 Å². The second kappa shape index (κ2) is 18.2. The largest absolute Gasteiger partial charge is 0.487 e. The van der Waals surface area contributed by atoms with E-state index in [9.17, 15) is 23.6 Å². The Morgan fingerprint density at radius 2 is 1.17 bits per heavy atom. The number of nitrogens with one attached hydrogen (secondary N) is 2. The minimum absolute atomic E-state index is 0.0451. The number of hydrogen-bond acceptors (Lipinski definition) is 11. The van der Waals surface area contributed by atoms with Crippen LogP contribution < -0.4 is 29.9 Å². The van der Waals surface area contributed by atoms with Crippen LogP contribution in [0.15, 0.2) is 128 Å². The van der Waals surface area contributed by atoms with Gasteiger partial charge in [-0.05, 0) is 104 Å². The molecular weight excluding hydrogens is 874 g/mol. The van der Waals surface area contributed by atoms with Gasteiger partial charge in [-0.3, -0.25) is 9.59 Å². The third kappa shape index (κ3) is 9.74. The zero-order valence-electron chi connectivity index (χ0n) is 34.9. The Morgan fingerprint density at radius 3 is 1.69 bits per heavy atom. The van der Waals surface area contributed by atoms with Crippen molar-refractivity contribution in [2.45, 2.75) is 43.6 Å². The molecule has 1 saturated carbocycles. The molecule has 2 aromatic heterocycles. The number of aromatic nitrogens is 2. The molecule has 0 spiro atoms. The van der Waals surface area contributed by atoms with Gasteiger partial charge < -0.3 is 34.6 Å². The number of amides is 2. The molecule has 13 nitrogen and oxygen atoms in total. The maximum absolute atomic E-state index is 13.8. The average molecular weight is 916 g/mol. The van der Waals surface area contributed by atoms with Crippen molar-refractivity contribution in [1.82, 2.24) is 20.6 Å². The van der Waals surface area contributed by atoms with Gasteiger partial charge in [0.05, 0.1) is 70.1 Å². The number of carbonyl (C=O) groups excluding carboxylic acids is 4. The number of pyridine rings is 2. The van der Waals surface area contributed by atoms with Crippen LogP contribution in [0.1, 0.15) is 78.4 Å². The molecule has 9 rings (SSSR count). The van der Waals surface area contributed by atoms with Crippen molar-refractivity contribution < 1.29 is 37.8 Å². The summed E-state index contributed by atoms with van der Waals surface area (Å²) in [6.07, 6.45) is 4.15. The molecule has 1 atom stereocenters. The first-order valence-corrected chi connectivity index (χ1v) is 21.7. The van der Waals surface area contributed by atoms with E-state index in [1.807, 2.05) is 40.1 Å². The Balaban J connectivity index is 0.770. The van der Waals surface area contributed by atoms with Crippen LogP contribution in [-0.2, 0) is 10.3 Å². The molecule has 1 aliphatic carbocycles. The Bertz CT molecular complexity index is 2750. The number of anilines is 2. The van der Waals surface area contributed by atoms with E-state index in [4.69, 9.17) is 37.4 Å². The summed E-state index contributed by atoms with van der Waals surface area (Å²) >= 11 is 12.6. The van der Waals surface area contributed by atoms with Gasteiger partial charge in [-0.1, -0.05) is 65.7 Å². The highest BCUT2D eigenvalue weighted by Crippen LogP contribution is 2.46. The quantitative estimate of drug-likeness (QED) is 0.0801. The Kier molecular flexibility index (Phi) is 12.1. The number of para-hydroxylation sites is 1. The summed E-state index contributed by atoms with van der Waals surface area (Å²) in [6, 6.07) is 31.0. The molecule has 3 fully saturated rings. The lowest BCUT2D eigenvalue weighted by molar-refractivity contribution is 0.0397. The summed E-state index contributed by atoms with van der Waals surface area (Å²) in [5, 5.41) is 6.76. The summed E-state index contributed by atoms with van der Waals surface area (Å²) in [5.41, 5.74) is 1.78. The highest BCUT2D eigenvalue weighted by molar-refractivity contribution is 6.31. The number of esters is 2. The van der Waals surface area contributed by atoms with Crippen LogP contribution in [0.4, 0.5) is 16.0 Å². The fourth-order valence-electron chi connectivity index (χ4n) is 7.76. The van der Waals surface area contributed by atoms with Gasteiger partial charge in [-0.2, -0.15) is 0 Å². The van der Waals surface area contributed by atoms with Gasteiger partial charge in [0.25, 0.3) is 11.8 Å². The van der Waals surface area contributed by atoms with E-state index in [1.54, 1.807) is 67.6 Å². The molecule has 6 aromatic rings. The minimum Gasteiger partial charge on any atom is -0.487 e. The predicted octanol–water partition coefficient (Wildman–Crippen LogP) is 8.37. The van der Waals surface area contributed by atoms with Crippen LogP contribution in [0.25, 0.3) is 0 Å². The molecule has 1 unspecified atom stereocenters. The summed E-state index contributed by atoms with van der Waals surface area (Å²) in [6.45, 7) is 3.84. The molecule has 2 amide bonds. The first-order chi connectivity index (χ1) is 31.4. The summed E-state index contributed by atoms with van der Waals surface area (Å²) in [5.74, 6) is -0.461. The van der Waals surface area contributed by atoms with E-state index in [2.05, 4.69) is 20.6 Å². The highest BCUT2D eigenvalue weighted by Gasteiger charge is 2.46. The van der Waals surface area contributed by atoms with Crippen molar-refractivity contribution in [3.63, 3.8) is 0 Å². The van der Waals surface area contributed by atoms with Gasteiger partial charge in [0, 0.05) is 12.4 Å². The molecule has 65 heavy (non-hydrogen) atoms. The monoisotopic (exact) mass is 914 g/mol. The number of hydrogen-bond donors (Lipinski definition) is 2. The third-order valence-electron chi connectivity index (χ3n) is 11.6. The number of ether oxygens (including phenoxy) is 3. The van der Waals surface area contributed by atoms with E-state index < -0.39 is 29.4 Å². The third-order valence-corrected chi connectivity index (χ3v) is 12.0. The van der Waals surface area contributed by atoms with Gasteiger partial charge in [-0.15, -0.1) is 0 Å². The molecule has 4 aromatic carbocycles. The molecule has 330 valence electrons. The van der Waals surface area contributed by atoms with Crippen LogP contribution in [0.2, 0.25) is 10.0 Å². The lowest BCUT2D eigenvalue weighted by atomic mass is 10.0. The van der Waals surface area contributed by atoms with Gasteiger partial charge >= 0.3 is 11.9 Å². The van der Waals surface area contributed by atoms with Crippen molar-refractivity contribution in [3.05, 3.63) is 177 Å². The van der Waals surface area contributed by atoms with Crippen LogP contribution in [-0.4, -0.2) is 72.1 Å². The van der Waals surface area contributed by atoms with Gasteiger partial charge in [0.2, 0.25) is 0 Å². The van der Waals surface area contributed by atoms with Gasteiger partial charge in [0.15, 0.2) is 0 Å². The first-order valence-electron chi connectivity index (χ1n) is 20.9. The van der Waals surface area contributed by atoms with E-state index in [0.29, 0.717) is 77.6 Å². The fraction of sp³-hybridized carbons (Fsp3) is 0.224. The summed E-state index contributed by atoms with van der Waals surface area (Å²) < 4.78 is 30.5. The van der Waals surface area contributed by atoms with E-state index >= 15 is 0 Å². The van der Waals surface area contributed by atoms with Crippen molar-refractivity contribution in [3.8, 4) is 11.5 Å². The van der Waals surface area contributed by atoms with Crippen LogP contribution in [0, 0.1) is 5.82 Å². The number of carbonyl (C=O) groups is 4. The SMILES string of the molecule is CC(NC(=O)c1cc(Cl)cnc1N1CC(Oc2ccc(F)cc2)C1)c1ccc(C(=O)OC(=O)c2ccc(C3(NC(=O)c4cc(Cl)cnc4N4CC(Oc5ccccc5)C4)CC3)cc2)cc1. The minimum atomic E-state index is -0.842. The van der Waals surface area contributed by atoms with E-state index in [-0.39, 0.29) is 40.6 Å². The number of nitrogens with zero attached hydrogens (tertiary/aromatic N) is 4. The Morgan fingerprint density at radius 1 is 0.677 bits per heavy atom. The van der Waals surface area contributed by atoms with Crippen LogP contribution >= 0.6 is 23.2 Å². The number of rotatable bonds is 14. The number of benzene rings is 4. The number of halogens is 3. The second-order valence-electron chi connectivity index (χ2n) is 16.2. The molecule has 16 heteroatoms. The van der Waals surface area contributed by atoms with Crippen molar-refractivity contribution >= 4 is 58.6 Å². The predicted molar refractivity (Wildman–Crippen MR) is 241 cm³/mol.